The summed E-state index contributed by atoms with van der Waals surface area (Å²) < 4.78 is 6.48. The van der Waals surface area contributed by atoms with Gasteiger partial charge in [-0.05, 0) is 63.4 Å². The van der Waals surface area contributed by atoms with Gasteiger partial charge in [0.2, 0.25) is 0 Å². The lowest BCUT2D eigenvalue weighted by molar-refractivity contribution is 0.669. The smallest absolute Gasteiger partial charge is 0.164 e. The van der Waals surface area contributed by atoms with Gasteiger partial charge in [0, 0.05) is 50.2 Å². The van der Waals surface area contributed by atoms with Crippen LogP contribution in [0.1, 0.15) is 0 Å². The van der Waals surface area contributed by atoms with E-state index in [-0.39, 0.29) is 0 Å². The number of hydrogen-bond acceptors (Lipinski definition) is 7. The van der Waals surface area contributed by atoms with Crippen molar-refractivity contribution < 1.29 is 4.42 Å². The molecule has 0 spiro atoms. The first-order valence-corrected chi connectivity index (χ1v) is 20.8. The summed E-state index contributed by atoms with van der Waals surface area (Å²) in [6.45, 7) is 0. The maximum Gasteiger partial charge on any atom is 0.164 e. The Hall–Kier alpha value is -8.68. The fourth-order valence-electron chi connectivity index (χ4n) is 8.47. The molecule has 294 valence electrons. The highest BCUT2D eigenvalue weighted by molar-refractivity contribution is 6.15. The van der Waals surface area contributed by atoms with Gasteiger partial charge in [-0.15, -0.1) is 0 Å². The molecule has 0 aliphatic carbocycles. The third-order valence-corrected chi connectivity index (χ3v) is 11.6. The molecule has 4 heterocycles. The van der Waals surface area contributed by atoms with E-state index < -0.39 is 0 Å². The fraction of sp³-hybridized carbons (Fsp3) is 0. The van der Waals surface area contributed by atoms with Gasteiger partial charge in [-0.3, -0.25) is 4.98 Å². The lowest BCUT2D eigenvalue weighted by atomic mass is 9.98. The highest BCUT2D eigenvalue weighted by Gasteiger charge is 2.19. The molecule has 7 heteroatoms. The number of rotatable bonds is 7. The minimum atomic E-state index is 0.546. The fourth-order valence-corrected chi connectivity index (χ4v) is 8.47. The number of hydrogen-bond donors (Lipinski definition) is 0. The van der Waals surface area contributed by atoms with Crippen LogP contribution in [0, 0.1) is 0 Å². The number of aromatic nitrogens is 6. The highest BCUT2D eigenvalue weighted by Crippen LogP contribution is 2.39. The molecule has 0 unspecified atom stereocenters. The third kappa shape index (κ3) is 6.65. The van der Waals surface area contributed by atoms with Crippen molar-refractivity contribution in [3.63, 3.8) is 0 Å². The normalized spacial score (nSPS) is 11.5. The second-order valence-corrected chi connectivity index (χ2v) is 15.5. The van der Waals surface area contributed by atoms with Crippen molar-refractivity contribution in [3.8, 4) is 79.1 Å². The topological polar surface area (TPSA) is 90.5 Å². The number of furan rings is 1. The van der Waals surface area contributed by atoms with E-state index in [4.69, 9.17) is 29.3 Å². The van der Waals surface area contributed by atoms with Crippen molar-refractivity contribution in [1.82, 2.24) is 29.9 Å². The molecule has 0 saturated heterocycles. The molecular formula is C56H34N6O. The minimum Gasteiger partial charge on any atom is -0.456 e. The predicted octanol–water partition coefficient (Wildman–Crippen LogP) is 13.9. The van der Waals surface area contributed by atoms with Gasteiger partial charge < -0.3 is 4.42 Å². The van der Waals surface area contributed by atoms with E-state index in [2.05, 4.69) is 126 Å². The van der Waals surface area contributed by atoms with Crippen molar-refractivity contribution >= 4 is 43.6 Å². The van der Waals surface area contributed by atoms with Gasteiger partial charge in [0.25, 0.3) is 0 Å². The molecule has 0 amide bonds. The van der Waals surface area contributed by atoms with Crippen LogP contribution in [-0.4, -0.2) is 29.9 Å². The van der Waals surface area contributed by atoms with Gasteiger partial charge in [-0.1, -0.05) is 164 Å². The summed E-state index contributed by atoms with van der Waals surface area (Å²) in [6.07, 6.45) is 3.57. The molecule has 0 N–H and O–H groups in total. The first-order valence-electron chi connectivity index (χ1n) is 20.8. The van der Waals surface area contributed by atoms with Crippen molar-refractivity contribution in [2.45, 2.75) is 0 Å². The van der Waals surface area contributed by atoms with E-state index in [1.54, 1.807) is 12.4 Å². The molecule has 0 atom stereocenters. The Labute approximate surface area is 362 Å². The van der Waals surface area contributed by atoms with Gasteiger partial charge in [0.15, 0.2) is 23.3 Å². The quantitative estimate of drug-likeness (QED) is 0.158. The summed E-state index contributed by atoms with van der Waals surface area (Å²) in [7, 11) is 0. The van der Waals surface area contributed by atoms with Gasteiger partial charge >= 0.3 is 0 Å². The van der Waals surface area contributed by atoms with Crippen LogP contribution in [0.25, 0.3) is 123 Å². The summed E-state index contributed by atoms with van der Waals surface area (Å²) in [5.41, 5.74) is 12.3. The number of nitrogens with zero attached hydrogens (tertiary/aromatic N) is 6. The SMILES string of the molecule is c1ccc(-c2cccc(-c3ccc(-c4nc(-c5ccc(-c6nc(-c7ccccc7)c7ccncc7n6)cc5)nc(-c5cccc6oc7cc8ccccc8cc7c56)n4)cc3)c2)cc1. The Morgan fingerprint density at radius 1 is 0.333 bits per heavy atom. The first kappa shape index (κ1) is 36.2. The van der Waals surface area contributed by atoms with Crippen LogP contribution in [0.4, 0.5) is 0 Å². The number of pyridine rings is 1. The van der Waals surface area contributed by atoms with E-state index in [1.807, 2.05) is 72.8 Å². The van der Waals surface area contributed by atoms with Crippen LogP contribution in [0.3, 0.4) is 0 Å². The minimum absolute atomic E-state index is 0.546. The molecule has 0 radical (unpaired) electrons. The Kier molecular flexibility index (Phi) is 8.67. The molecule has 0 bridgehead atoms. The average molecular weight is 807 g/mol. The number of fused-ring (bicyclic) bond motifs is 5. The standard InChI is InChI=1S/C56H34N6O/c1-3-11-35(12-4-1)41-17-9-18-42(31-41)36-21-23-39(24-22-36)54-60-55(62-56(61-54)46-19-10-20-49-51(46)47-32-43-15-7-8-16-44(43)33-50(47)63-49)40-27-25-38(26-28-40)53-58-48-34-57-30-29-45(48)52(59-53)37-13-5-2-6-14-37/h1-34H. The second-order valence-electron chi connectivity index (χ2n) is 15.5. The van der Waals surface area contributed by atoms with Crippen molar-refractivity contribution in [1.29, 1.82) is 0 Å². The maximum atomic E-state index is 6.48. The molecule has 0 saturated carbocycles. The molecule has 8 aromatic carbocycles. The van der Waals surface area contributed by atoms with Crippen LogP contribution in [-0.2, 0) is 0 Å². The molecule has 12 aromatic rings. The predicted molar refractivity (Wildman–Crippen MR) is 254 cm³/mol. The van der Waals surface area contributed by atoms with E-state index >= 15 is 0 Å². The molecule has 7 nitrogen and oxygen atoms in total. The second kappa shape index (κ2) is 15.1. The lowest BCUT2D eigenvalue weighted by Crippen LogP contribution is -2.01. The van der Waals surface area contributed by atoms with Crippen molar-refractivity contribution in [2.75, 3.05) is 0 Å². The molecule has 63 heavy (non-hydrogen) atoms. The zero-order valence-corrected chi connectivity index (χ0v) is 33.7. The largest absolute Gasteiger partial charge is 0.456 e. The van der Waals surface area contributed by atoms with Crippen LogP contribution in [0.15, 0.2) is 211 Å². The van der Waals surface area contributed by atoms with E-state index in [1.165, 1.54) is 11.1 Å². The Bertz CT molecular complexity index is 3660. The summed E-state index contributed by atoms with van der Waals surface area (Å²) in [4.78, 5) is 29.9. The van der Waals surface area contributed by atoms with Crippen LogP contribution >= 0.6 is 0 Å². The first-order chi connectivity index (χ1) is 31.2. The molecule has 4 aromatic heterocycles. The summed E-state index contributed by atoms with van der Waals surface area (Å²) in [6, 6.07) is 66.5. The third-order valence-electron chi connectivity index (χ3n) is 11.6. The van der Waals surface area contributed by atoms with Crippen molar-refractivity contribution in [3.05, 3.63) is 207 Å². The van der Waals surface area contributed by atoms with Crippen LogP contribution < -0.4 is 0 Å². The Balaban J connectivity index is 0.981. The van der Waals surface area contributed by atoms with E-state index in [0.29, 0.717) is 23.3 Å². The Morgan fingerprint density at radius 3 is 1.56 bits per heavy atom. The van der Waals surface area contributed by atoms with Gasteiger partial charge in [0.1, 0.15) is 11.2 Å². The summed E-state index contributed by atoms with van der Waals surface area (Å²) >= 11 is 0. The van der Waals surface area contributed by atoms with Gasteiger partial charge in [0.05, 0.1) is 17.4 Å². The van der Waals surface area contributed by atoms with E-state index in [0.717, 1.165) is 88.3 Å². The van der Waals surface area contributed by atoms with Crippen LogP contribution in [0.5, 0.6) is 0 Å². The maximum absolute atomic E-state index is 6.48. The zero-order valence-electron chi connectivity index (χ0n) is 33.7. The lowest BCUT2D eigenvalue weighted by Gasteiger charge is -2.11. The number of benzene rings is 8. The van der Waals surface area contributed by atoms with Gasteiger partial charge in [-0.25, -0.2) is 24.9 Å². The highest BCUT2D eigenvalue weighted by atomic mass is 16.3. The Morgan fingerprint density at radius 2 is 0.873 bits per heavy atom. The molecule has 0 fully saturated rings. The molecule has 0 aliphatic rings. The molecular weight excluding hydrogens is 773 g/mol. The molecule has 0 aliphatic heterocycles. The zero-order chi connectivity index (χ0) is 41.7. The van der Waals surface area contributed by atoms with Crippen LogP contribution in [0.2, 0.25) is 0 Å². The van der Waals surface area contributed by atoms with Crippen molar-refractivity contribution in [2.24, 2.45) is 0 Å². The average Bonchev–Trinajstić information content (AvgIpc) is 3.73. The molecule has 12 rings (SSSR count). The summed E-state index contributed by atoms with van der Waals surface area (Å²) in [5.74, 6) is 2.28. The van der Waals surface area contributed by atoms with Gasteiger partial charge in [-0.2, -0.15) is 0 Å². The monoisotopic (exact) mass is 806 g/mol. The van der Waals surface area contributed by atoms with E-state index in [9.17, 15) is 0 Å². The summed E-state index contributed by atoms with van der Waals surface area (Å²) in [5, 5.41) is 5.18.